The molecular weight excluding hydrogens is 432 g/mol. The lowest BCUT2D eigenvalue weighted by atomic mass is 9.98. The maximum atomic E-state index is 12.8. The number of carbonyl (C=O) groups excluding carboxylic acids is 1. The molecule has 0 aliphatic carbocycles. The zero-order valence-corrected chi connectivity index (χ0v) is 18.7. The molecule has 9 nitrogen and oxygen atoms in total. The van der Waals surface area contributed by atoms with Gasteiger partial charge in [-0.2, -0.15) is 4.99 Å². The van der Waals surface area contributed by atoms with Crippen LogP contribution in [0.3, 0.4) is 0 Å². The summed E-state index contributed by atoms with van der Waals surface area (Å²) >= 11 is 0. The first-order valence-corrected chi connectivity index (χ1v) is 11.0. The lowest BCUT2D eigenvalue weighted by molar-refractivity contribution is 0.0473. The number of aliphatic hydroxyl groups is 1. The number of amides is 1. The Kier molecular flexibility index (Phi) is 5.84. The summed E-state index contributed by atoms with van der Waals surface area (Å²) in [6, 6.07) is 15.4. The number of benzene rings is 2. The topological polar surface area (TPSA) is 116 Å². The highest BCUT2D eigenvalue weighted by molar-refractivity contribution is 6.08. The maximum Gasteiger partial charge on any atom is 0.318 e. The Bertz CT molecular complexity index is 1300. The van der Waals surface area contributed by atoms with E-state index in [9.17, 15) is 9.90 Å². The maximum absolute atomic E-state index is 12.8. The Morgan fingerprint density at radius 1 is 1.26 bits per heavy atom. The first-order chi connectivity index (χ1) is 16.5. The fourth-order valence-corrected chi connectivity index (χ4v) is 3.73. The zero-order valence-electron chi connectivity index (χ0n) is 18.7. The molecule has 5 rings (SSSR count). The number of H-pyrrole nitrogens is 1. The van der Waals surface area contributed by atoms with E-state index in [4.69, 9.17) is 4.74 Å². The molecule has 2 aliphatic heterocycles. The summed E-state index contributed by atoms with van der Waals surface area (Å²) in [5.74, 6) is 7.28. The summed E-state index contributed by atoms with van der Waals surface area (Å²) in [7, 11) is 1.83. The van der Waals surface area contributed by atoms with Crippen LogP contribution in [0.25, 0.3) is 0 Å². The van der Waals surface area contributed by atoms with Gasteiger partial charge < -0.3 is 20.1 Å². The number of β-amino-alcohol motifs (C(OH)–C–C–N with tert-alkyl or cyclic N) is 1. The lowest BCUT2D eigenvalue weighted by Crippen LogP contribution is -2.58. The van der Waals surface area contributed by atoms with Crippen molar-refractivity contribution in [2.75, 3.05) is 31.6 Å². The minimum atomic E-state index is -0.982. The summed E-state index contributed by atoms with van der Waals surface area (Å²) in [6.07, 6.45) is 0.998. The minimum absolute atomic E-state index is 0.0270. The molecular formula is C25H24N6O3. The van der Waals surface area contributed by atoms with Gasteiger partial charge in [-0.05, 0) is 23.8 Å². The van der Waals surface area contributed by atoms with Crippen molar-refractivity contribution < 1.29 is 14.6 Å². The van der Waals surface area contributed by atoms with Gasteiger partial charge in [-0.1, -0.05) is 42.2 Å². The van der Waals surface area contributed by atoms with Gasteiger partial charge >= 0.3 is 5.91 Å². The predicted octanol–water partition coefficient (Wildman–Crippen LogP) is 1.54. The van der Waals surface area contributed by atoms with E-state index in [1.165, 1.54) is 0 Å². The number of amidine groups is 1. The molecule has 0 saturated carbocycles. The second-order valence-electron chi connectivity index (χ2n) is 8.33. The van der Waals surface area contributed by atoms with Gasteiger partial charge in [0, 0.05) is 38.5 Å². The quantitative estimate of drug-likeness (QED) is 0.512. The summed E-state index contributed by atoms with van der Waals surface area (Å²) in [5, 5.41) is 20.1. The van der Waals surface area contributed by atoms with Gasteiger partial charge in [-0.3, -0.25) is 9.89 Å². The van der Waals surface area contributed by atoms with Crippen molar-refractivity contribution in [3.8, 4) is 17.6 Å². The molecule has 3 heterocycles. The fourth-order valence-electron chi connectivity index (χ4n) is 3.73. The van der Waals surface area contributed by atoms with E-state index in [-0.39, 0.29) is 5.82 Å². The molecule has 1 amide bonds. The van der Waals surface area contributed by atoms with Gasteiger partial charge in [0.1, 0.15) is 23.0 Å². The van der Waals surface area contributed by atoms with E-state index < -0.39 is 11.5 Å². The predicted molar refractivity (Wildman–Crippen MR) is 127 cm³/mol. The van der Waals surface area contributed by atoms with Crippen molar-refractivity contribution in [2.45, 2.75) is 18.4 Å². The van der Waals surface area contributed by atoms with Gasteiger partial charge in [0.05, 0.1) is 12.3 Å². The SMILES string of the molecule is CN1C(=NC(=O)c2n[nH]c(Cc3ccccc3)n2)CCOc2ccc(C#CC3(O)CNC3)cc21. The molecule has 0 atom stereocenters. The number of carbonyl (C=O) groups is 1. The Labute approximate surface area is 196 Å². The van der Waals surface area contributed by atoms with Crippen molar-refractivity contribution in [2.24, 2.45) is 4.99 Å². The Morgan fingerprint density at radius 2 is 2.09 bits per heavy atom. The highest BCUT2D eigenvalue weighted by atomic mass is 16.5. The normalized spacial score (nSPS) is 17.6. The van der Waals surface area contributed by atoms with Crippen LogP contribution in [-0.2, 0) is 6.42 Å². The van der Waals surface area contributed by atoms with Crippen LogP contribution >= 0.6 is 0 Å². The lowest BCUT2D eigenvalue weighted by Gasteiger charge is -2.32. The molecule has 0 radical (unpaired) electrons. The van der Waals surface area contributed by atoms with E-state index >= 15 is 0 Å². The third kappa shape index (κ3) is 4.69. The van der Waals surface area contributed by atoms with Crippen molar-refractivity contribution >= 4 is 17.4 Å². The van der Waals surface area contributed by atoms with Gasteiger partial charge in [0.15, 0.2) is 0 Å². The van der Waals surface area contributed by atoms with Crippen LogP contribution in [0.1, 0.15) is 34.0 Å². The second kappa shape index (κ2) is 9.09. The average molecular weight is 457 g/mol. The average Bonchev–Trinajstić information content (AvgIpc) is 3.24. The van der Waals surface area contributed by atoms with E-state index in [1.54, 1.807) is 0 Å². The number of aromatic nitrogens is 3. The number of anilines is 1. The third-order valence-corrected chi connectivity index (χ3v) is 5.73. The van der Waals surface area contributed by atoms with Gasteiger partial charge in [-0.25, -0.2) is 4.98 Å². The fraction of sp³-hybridized carbons (Fsp3) is 0.280. The van der Waals surface area contributed by atoms with Crippen LogP contribution in [0.15, 0.2) is 53.5 Å². The molecule has 1 aromatic heterocycles. The van der Waals surface area contributed by atoms with Crippen molar-refractivity contribution in [1.82, 2.24) is 20.5 Å². The number of aliphatic imine (C=N–C) groups is 1. The molecule has 0 unspecified atom stereocenters. The third-order valence-electron chi connectivity index (χ3n) is 5.73. The van der Waals surface area contributed by atoms with Crippen LogP contribution in [0.5, 0.6) is 5.75 Å². The summed E-state index contributed by atoms with van der Waals surface area (Å²) in [6.45, 7) is 1.30. The van der Waals surface area contributed by atoms with Gasteiger partial charge in [0.2, 0.25) is 5.82 Å². The molecule has 3 N–H and O–H groups in total. The van der Waals surface area contributed by atoms with Crippen LogP contribution in [0.2, 0.25) is 0 Å². The van der Waals surface area contributed by atoms with Crippen LogP contribution in [0, 0.1) is 11.8 Å². The van der Waals surface area contributed by atoms with Crippen LogP contribution in [0.4, 0.5) is 5.69 Å². The zero-order chi connectivity index (χ0) is 23.5. The highest BCUT2D eigenvalue weighted by Crippen LogP contribution is 2.32. The van der Waals surface area contributed by atoms with E-state index in [1.807, 2.05) is 60.5 Å². The molecule has 9 heteroatoms. The first-order valence-electron chi connectivity index (χ1n) is 11.0. The van der Waals surface area contributed by atoms with E-state index in [2.05, 4.69) is 37.3 Å². The minimum Gasteiger partial charge on any atom is -0.491 e. The Hall–Kier alpha value is -4.00. The number of fused-ring (bicyclic) bond motifs is 1. The summed E-state index contributed by atoms with van der Waals surface area (Å²) in [5.41, 5.74) is 1.57. The molecule has 1 fully saturated rings. The van der Waals surface area contributed by atoms with Gasteiger partial charge in [-0.15, -0.1) is 5.10 Å². The monoisotopic (exact) mass is 456 g/mol. The molecule has 2 aliphatic rings. The second-order valence-corrected chi connectivity index (χ2v) is 8.33. The number of nitrogens with zero attached hydrogens (tertiary/aromatic N) is 4. The van der Waals surface area contributed by atoms with Crippen molar-refractivity contribution in [1.29, 1.82) is 0 Å². The Morgan fingerprint density at radius 3 is 2.85 bits per heavy atom. The summed E-state index contributed by atoms with van der Waals surface area (Å²) < 4.78 is 5.86. The number of aromatic amines is 1. The van der Waals surface area contributed by atoms with Gasteiger partial charge in [0.25, 0.3) is 0 Å². The smallest absolute Gasteiger partial charge is 0.318 e. The van der Waals surface area contributed by atoms with Crippen molar-refractivity contribution in [3.05, 3.63) is 71.3 Å². The molecule has 3 aromatic rings. The summed E-state index contributed by atoms with van der Waals surface area (Å²) in [4.78, 5) is 23.3. The number of ether oxygens (including phenoxy) is 1. The molecule has 2 aromatic carbocycles. The molecule has 0 spiro atoms. The first kappa shape index (κ1) is 21.8. The van der Waals surface area contributed by atoms with Crippen molar-refractivity contribution in [3.63, 3.8) is 0 Å². The largest absolute Gasteiger partial charge is 0.491 e. The number of nitrogens with one attached hydrogen (secondary N) is 2. The number of hydrogen-bond donors (Lipinski definition) is 3. The van der Waals surface area contributed by atoms with Crippen LogP contribution < -0.4 is 15.0 Å². The molecule has 1 saturated heterocycles. The number of hydrogen-bond acceptors (Lipinski definition) is 6. The van der Waals surface area contributed by atoms with Crippen LogP contribution in [-0.4, -0.2) is 64.4 Å². The Balaban J connectivity index is 1.35. The number of rotatable bonds is 3. The highest BCUT2D eigenvalue weighted by Gasteiger charge is 2.31. The molecule has 34 heavy (non-hydrogen) atoms. The molecule has 0 bridgehead atoms. The van der Waals surface area contributed by atoms with E-state index in [0.717, 1.165) is 16.8 Å². The standard InChI is InChI=1S/C25H24N6O3/c1-31-19-13-18(9-11-25(33)15-26-16-25)7-8-20(19)34-12-10-22(31)28-24(32)23-27-21(29-30-23)14-17-5-3-2-4-6-17/h2-8,13,26,33H,10,12,14-16H2,1H3,(H,27,29,30). The van der Waals surface area contributed by atoms with E-state index in [0.29, 0.717) is 49.9 Å². The molecule has 172 valence electrons.